The van der Waals surface area contributed by atoms with Gasteiger partial charge in [-0.15, -0.1) is 0 Å². The van der Waals surface area contributed by atoms with Crippen LogP contribution in [0.3, 0.4) is 0 Å². The highest BCUT2D eigenvalue weighted by Crippen LogP contribution is 1.98. The fraction of sp³-hybridized carbons (Fsp3) is 1.00. The first-order valence-electron chi connectivity index (χ1n) is 11.6. The minimum atomic E-state index is 0.548. The van der Waals surface area contributed by atoms with E-state index in [1.165, 1.54) is 19.3 Å². The molecule has 0 aromatic rings. The van der Waals surface area contributed by atoms with Crippen LogP contribution >= 0.6 is 15.9 Å². The minimum absolute atomic E-state index is 0.548. The highest BCUT2D eigenvalue weighted by atomic mass is 79.9. The molecule has 0 N–H and O–H groups in total. The van der Waals surface area contributed by atoms with Crippen LogP contribution in [0.1, 0.15) is 32.6 Å². The topological polar surface area (TPSA) is 73.8 Å². The molecule has 188 valence electrons. The van der Waals surface area contributed by atoms with Gasteiger partial charge in [-0.3, -0.25) is 0 Å². The maximum Gasteiger partial charge on any atom is 0.0701 e. The van der Waals surface area contributed by atoms with E-state index in [2.05, 4.69) is 22.9 Å². The average molecular weight is 517 g/mol. The Labute approximate surface area is 197 Å². The van der Waals surface area contributed by atoms with E-state index in [1.807, 2.05) is 0 Å². The number of alkyl halides is 1. The summed E-state index contributed by atoms with van der Waals surface area (Å²) < 4.78 is 43.4. The molecule has 0 amide bonds. The molecule has 0 heterocycles. The van der Waals surface area contributed by atoms with Crippen molar-refractivity contribution >= 4 is 15.9 Å². The van der Waals surface area contributed by atoms with E-state index >= 15 is 0 Å². The molecule has 0 aliphatic carbocycles. The summed E-state index contributed by atoms with van der Waals surface area (Å²) in [6.07, 6.45) is 4.93. The van der Waals surface area contributed by atoms with Crippen LogP contribution in [0.4, 0.5) is 0 Å². The first-order chi connectivity index (χ1) is 15.4. The van der Waals surface area contributed by atoms with Crippen molar-refractivity contribution in [2.24, 2.45) is 0 Å². The molecule has 0 aromatic heterocycles. The van der Waals surface area contributed by atoms with Crippen molar-refractivity contribution in [2.45, 2.75) is 32.6 Å². The maximum atomic E-state index is 5.51. The van der Waals surface area contributed by atoms with Gasteiger partial charge in [0.15, 0.2) is 0 Å². The third-order valence-corrected chi connectivity index (χ3v) is 4.29. The summed E-state index contributed by atoms with van der Waals surface area (Å²) >= 11 is 3.30. The molecule has 0 aliphatic heterocycles. The SMILES string of the molecule is CCCCCCOCCOCCOCCOCCOCCOCCOCCOCCBr. The molecule has 9 heteroatoms. The summed E-state index contributed by atoms with van der Waals surface area (Å²) in [6, 6.07) is 0. The lowest BCUT2D eigenvalue weighted by atomic mass is 10.2. The van der Waals surface area contributed by atoms with Crippen LogP contribution in [0.2, 0.25) is 0 Å². The van der Waals surface area contributed by atoms with E-state index in [1.54, 1.807) is 0 Å². The summed E-state index contributed by atoms with van der Waals surface area (Å²) in [5.74, 6) is 0. The zero-order valence-corrected chi connectivity index (χ0v) is 21.1. The van der Waals surface area contributed by atoms with E-state index in [9.17, 15) is 0 Å². The summed E-state index contributed by atoms with van der Waals surface area (Å²) in [5, 5.41) is 0.848. The van der Waals surface area contributed by atoms with Gasteiger partial charge in [-0.05, 0) is 6.42 Å². The smallest absolute Gasteiger partial charge is 0.0701 e. The fourth-order valence-corrected chi connectivity index (χ4v) is 2.56. The van der Waals surface area contributed by atoms with Gasteiger partial charge in [-0.25, -0.2) is 0 Å². The predicted molar refractivity (Wildman–Crippen MR) is 124 cm³/mol. The monoisotopic (exact) mass is 516 g/mol. The summed E-state index contributed by atoms with van der Waals surface area (Å²) in [5.41, 5.74) is 0. The molecule has 0 aliphatic rings. The standard InChI is InChI=1S/C22H45BrO8/c1-2-3-4-5-7-24-9-11-26-13-15-28-17-19-30-21-22-31-20-18-29-16-14-27-12-10-25-8-6-23/h2-22H2,1H3. The molecule has 0 spiro atoms. The Morgan fingerprint density at radius 2 is 0.645 bits per heavy atom. The van der Waals surface area contributed by atoms with Gasteiger partial charge in [-0.2, -0.15) is 0 Å². The lowest BCUT2D eigenvalue weighted by molar-refractivity contribution is -0.0228. The maximum absolute atomic E-state index is 5.51. The van der Waals surface area contributed by atoms with Crippen LogP contribution in [0.5, 0.6) is 0 Å². The lowest BCUT2D eigenvalue weighted by Gasteiger charge is -2.08. The molecule has 0 aromatic carbocycles. The molecule has 0 saturated carbocycles. The van der Waals surface area contributed by atoms with Gasteiger partial charge in [0.05, 0.1) is 99.1 Å². The van der Waals surface area contributed by atoms with E-state index in [0.717, 1.165) is 18.4 Å². The van der Waals surface area contributed by atoms with Gasteiger partial charge in [0.25, 0.3) is 0 Å². The van der Waals surface area contributed by atoms with Crippen LogP contribution < -0.4 is 0 Å². The molecule has 0 atom stereocenters. The lowest BCUT2D eigenvalue weighted by Crippen LogP contribution is -2.15. The normalized spacial score (nSPS) is 11.4. The van der Waals surface area contributed by atoms with Crippen molar-refractivity contribution in [3.05, 3.63) is 0 Å². The zero-order chi connectivity index (χ0) is 22.5. The van der Waals surface area contributed by atoms with Crippen molar-refractivity contribution in [1.82, 2.24) is 0 Å². The van der Waals surface area contributed by atoms with Crippen molar-refractivity contribution < 1.29 is 37.9 Å². The molecular weight excluding hydrogens is 472 g/mol. The van der Waals surface area contributed by atoms with Gasteiger partial charge in [0.1, 0.15) is 0 Å². The van der Waals surface area contributed by atoms with Gasteiger partial charge in [-0.1, -0.05) is 42.1 Å². The number of rotatable bonds is 28. The minimum Gasteiger partial charge on any atom is -0.379 e. The second kappa shape index (κ2) is 30.2. The van der Waals surface area contributed by atoms with E-state index in [-0.39, 0.29) is 0 Å². The highest BCUT2D eigenvalue weighted by molar-refractivity contribution is 9.09. The second-order valence-corrected chi connectivity index (χ2v) is 7.44. The number of ether oxygens (including phenoxy) is 8. The number of unbranched alkanes of at least 4 members (excludes halogenated alkanes) is 3. The summed E-state index contributed by atoms with van der Waals surface area (Å²) in [4.78, 5) is 0. The second-order valence-electron chi connectivity index (χ2n) is 6.65. The molecule has 0 unspecified atom stereocenters. The Bertz CT molecular complexity index is 285. The molecule has 0 fully saturated rings. The highest BCUT2D eigenvalue weighted by Gasteiger charge is 1.95. The van der Waals surface area contributed by atoms with Gasteiger partial charge in [0, 0.05) is 11.9 Å². The molecular formula is C22H45BrO8. The van der Waals surface area contributed by atoms with Crippen molar-refractivity contribution in [3.63, 3.8) is 0 Å². The zero-order valence-electron chi connectivity index (χ0n) is 19.5. The molecule has 31 heavy (non-hydrogen) atoms. The van der Waals surface area contributed by atoms with Crippen LogP contribution in [0.25, 0.3) is 0 Å². The van der Waals surface area contributed by atoms with Crippen molar-refractivity contribution in [2.75, 3.05) is 111 Å². The molecule has 0 saturated heterocycles. The summed E-state index contributed by atoms with van der Waals surface area (Å²) in [6.45, 7) is 11.8. The third kappa shape index (κ3) is 30.2. The van der Waals surface area contributed by atoms with E-state index in [4.69, 9.17) is 37.9 Å². The van der Waals surface area contributed by atoms with E-state index in [0.29, 0.717) is 99.1 Å². The summed E-state index contributed by atoms with van der Waals surface area (Å²) in [7, 11) is 0. The quantitative estimate of drug-likeness (QED) is 0.116. The molecule has 0 rings (SSSR count). The predicted octanol–water partition coefficient (Wildman–Crippen LogP) is 3.09. The Balaban J connectivity index is 2.98. The Kier molecular flexibility index (Phi) is 30.3. The number of hydrogen-bond acceptors (Lipinski definition) is 8. The molecule has 8 nitrogen and oxygen atoms in total. The largest absolute Gasteiger partial charge is 0.379 e. The van der Waals surface area contributed by atoms with Gasteiger partial charge < -0.3 is 37.9 Å². The Hall–Kier alpha value is 0.160. The fourth-order valence-electron chi connectivity index (χ4n) is 2.33. The van der Waals surface area contributed by atoms with Crippen LogP contribution in [0, 0.1) is 0 Å². The molecule has 0 radical (unpaired) electrons. The van der Waals surface area contributed by atoms with E-state index < -0.39 is 0 Å². The van der Waals surface area contributed by atoms with Gasteiger partial charge in [0.2, 0.25) is 0 Å². The Morgan fingerprint density at radius 3 is 0.935 bits per heavy atom. The van der Waals surface area contributed by atoms with Crippen LogP contribution in [0.15, 0.2) is 0 Å². The number of halogens is 1. The van der Waals surface area contributed by atoms with Crippen molar-refractivity contribution in [1.29, 1.82) is 0 Å². The van der Waals surface area contributed by atoms with Crippen molar-refractivity contribution in [3.8, 4) is 0 Å². The first-order valence-corrected chi connectivity index (χ1v) is 12.7. The Morgan fingerprint density at radius 1 is 0.355 bits per heavy atom. The number of hydrogen-bond donors (Lipinski definition) is 0. The third-order valence-electron chi connectivity index (χ3n) is 3.97. The van der Waals surface area contributed by atoms with Crippen LogP contribution in [-0.2, 0) is 37.9 Å². The van der Waals surface area contributed by atoms with Crippen LogP contribution in [-0.4, -0.2) is 111 Å². The van der Waals surface area contributed by atoms with Gasteiger partial charge >= 0.3 is 0 Å². The average Bonchev–Trinajstić information content (AvgIpc) is 2.78. The first kappa shape index (κ1) is 31.2. The molecule has 0 bridgehead atoms.